The van der Waals surface area contributed by atoms with Crippen LogP contribution in [0.2, 0.25) is 0 Å². The number of ketones is 2. The molecule has 11 heteroatoms. The third-order valence-electron chi connectivity index (χ3n) is 21.6. The molecule has 6 saturated carbocycles. The molecule has 6 aliphatic rings. The van der Waals surface area contributed by atoms with Crippen LogP contribution < -0.4 is 0 Å². The number of benzene rings is 3. The van der Waals surface area contributed by atoms with E-state index in [0.29, 0.717) is 57.9 Å². The average molecular weight is 1050 g/mol. The Labute approximate surface area is 456 Å². The zero-order chi connectivity index (χ0) is 53.7. The molecule has 422 valence electrons. The second-order valence-corrected chi connectivity index (χ2v) is 25.1. The maximum Gasteiger partial charge on any atom is 0.147 e. The van der Waals surface area contributed by atoms with Gasteiger partial charge < -0.3 is 43.7 Å². The Bertz CT molecular complexity index is 2300. The van der Waals surface area contributed by atoms with E-state index in [9.17, 15) is 24.9 Å². The first-order chi connectivity index (χ1) is 36.0. The minimum atomic E-state index is -0.657. The van der Waals surface area contributed by atoms with E-state index in [1.165, 1.54) is 0 Å². The van der Waals surface area contributed by atoms with Crippen molar-refractivity contribution < 1.29 is 53.3 Å². The summed E-state index contributed by atoms with van der Waals surface area (Å²) in [6.45, 7) is 20.2. The fourth-order valence-electron chi connectivity index (χ4n) is 16.7. The number of carbonyl (C=O) groups excluding carboxylic acids is 2. The molecule has 3 N–H and O–H groups in total. The standard InChI is InChI=1S/C36H50O6.C28H42O5.CH4/c1-5-34(3)20-31(38)35(4)29(23-41-24-39-21-27-12-8-6-9-13-27)16-18-36(19-17-30(37)32(35)36)26(2)33(34)42-25-40-22-28-14-10-7-11-15-28;1-5-26(3)15-23(31)27(4)21(16-29)11-13-28(14-12-22(30)24(27)28)19(2)25(26)33-18-32-17-20-9-7-6-8-10-20;/h6-15,26,29,31-33,38H,5,16-25H2,1-4H3;6-10,19,21,23-25,29,31H,5,11-18H2,1-4H3;1H4/t26-,29-,31+,32?,33-,34+,35-,36-;19-,21-,23+,24?,25-,26+,27-,28-;/m00./s1. The lowest BCUT2D eigenvalue weighted by Crippen LogP contribution is -2.64. The Kier molecular flexibility index (Phi) is 20.1. The summed E-state index contributed by atoms with van der Waals surface area (Å²) in [6.07, 6.45) is 7.80. The fourth-order valence-corrected chi connectivity index (χ4v) is 16.7. The van der Waals surface area contributed by atoms with Crippen LogP contribution in [0.4, 0.5) is 0 Å². The highest BCUT2D eigenvalue weighted by atomic mass is 16.7. The van der Waals surface area contributed by atoms with Gasteiger partial charge in [0.25, 0.3) is 0 Å². The second kappa shape index (κ2) is 25.4. The van der Waals surface area contributed by atoms with Crippen LogP contribution in [0.25, 0.3) is 0 Å². The SMILES string of the molecule is C.CC[C@]1(C)C[C@@H](O)[C@@]2(C)C3C(=O)CC[C@@]3(CC[C@H]2CO)[C@@H](C)[C@@H]1OCOCc1ccccc1.CC[C@]1(C)C[C@@H](O)[C@@]2(C)C3C(=O)CC[C@@]3(CC[C@H]2COCOCc2ccccc2)[C@@H](C)[C@@H]1OCOCc1ccccc1. The molecule has 9 rings (SSSR count). The second-order valence-electron chi connectivity index (χ2n) is 25.1. The van der Waals surface area contributed by atoms with Crippen molar-refractivity contribution in [1.82, 2.24) is 0 Å². The van der Waals surface area contributed by atoms with Gasteiger partial charge in [0.2, 0.25) is 0 Å². The van der Waals surface area contributed by atoms with E-state index in [1.54, 1.807) is 0 Å². The highest BCUT2D eigenvalue weighted by Crippen LogP contribution is 2.70. The van der Waals surface area contributed by atoms with Crippen LogP contribution >= 0.6 is 0 Å². The van der Waals surface area contributed by atoms with E-state index in [2.05, 4.69) is 67.5 Å². The highest BCUT2D eigenvalue weighted by molar-refractivity contribution is 5.86. The van der Waals surface area contributed by atoms with Crippen LogP contribution in [0.1, 0.15) is 157 Å². The first-order valence-corrected chi connectivity index (χ1v) is 28.7. The van der Waals surface area contributed by atoms with E-state index in [1.807, 2.05) is 78.9 Å². The molecule has 0 spiro atoms. The zero-order valence-corrected chi connectivity index (χ0v) is 46.7. The lowest BCUT2D eigenvalue weighted by molar-refractivity contribution is -0.234. The Morgan fingerprint density at radius 2 is 0.895 bits per heavy atom. The molecule has 6 aliphatic carbocycles. The molecule has 3 aromatic rings. The number of aliphatic hydroxyl groups is 3. The predicted molar refractivity (Wildman–Crippen MR) is 296 cm³/mol. The summed E-state index contributed by atoms with van der Waals surface area (Å²) < 4.78 is 37.0. The fraction of sp³-hybridized carbons (Fsp3) is 0.692. The highest BCUT2D eigenvalue weighted by Gasteiger charge is 2.70. The smallest absolute Gasteiger partial charge is 0.147 e. The normalized spacial score (nSPS) is 38.8. The lowest BCUT2D eigenvalue weighted by Gasteiger charge is -2.62. The molecule has 0 amide bonds. The lowest BCUT2D eigenvalue weighted by atomic mass is 9.43. The van der Waals surface area contributed by atoms with Gasteiger partial charge in [-0.3, -0.25) is 9.59 Å². The van der Waals surface area contributed by atoms with Crippen molar-refractivity contribution >= 4 is 11.6 Å². The largest absolute Gasteiger partial charge is 0.396 e. The summed E-state index contributed by atoms with van der Waals surface area (Å²) in [5, 5.41) is 34.1. The summed E-state index contributed by atoms with van der Waals surface area (Å²) in [5.74, 6) is 0.473. The average Bonchev–Trinajstić information content (AvgIpc) is 4.12. The monoisotopic (exact) mass is 1050 g/mol. The van der Waals surface area contributed by atoms with E-state index < -0.39 is 23.0 Å². The third-order valence-corrected chi connectivity index (χ3v) is 21.6. The van der Waals surface area contributed by atoms with Crippen molar-refractivity contribution in [1.29, 1.82) is 0 Å². The van der Waals surface area contributed by atoms with Gasteiger partial charge in [0.1, 0.15) is 31.9 Å². The number of ether oxygens (including phenoxy) is 6. The van der Waals surface area contributed by atoms with Crippen LogP contribution in [-0.2, 0) is 57.8 Å². The van der Waals surface area contributed by atoms with Crippen LogP contribution in [0, 0.1) is 68.0 Å². The van der Waals surface area contributed by atoms with Gasteiger partial charge in [-0.25, -0.2) is 0 Å². The summed E-state index contributed by atoms with van der Waals surface area (Å²) in [4.78, 5) is 27.1. The molecular formula is C65H96O11. The van der Waals surface area contributed by atoms with E-state index in [0.717, 1.165) is 68.1 Å². The van der Waals surface area contributed by atoms with Gasteiger partial charge >= 0.3 is 0 Å². The van der Waals surface area contributed by atoms with Gasteiger partial charge in [-0.2, -0.15) is 0 Å². The first kappa shape index (κ1) is 60.3. The van der Waals surface area contributed by atoms with Crippen LogP contribution in [-0.4, -0.2) is 84.9 Å². The maximum absolute atomic E-state index is 13.8. The Balaban J connectivity index is 0.000000224. The quantitative estimate of drug-likeness (QED) is 0.0778. The maximum atomic E-state index is 13.8. The van der Waals surface area contributed by atoms with E-state index in [4.69, 9.17) is 28.4 Å². The first-order valence-electron chi connectivity index (χ1n) is 28.7. The molecule has 76 heavy (non-hydrogen) atoms. The Morgan fingerprint density at radius 3 is 1.28 bits per heavy atom. The van der Waals surface area contributed by atoms with Gasteiger partial charge in [-0.1, -0.05) is 154 Å². The number of Topliss-reactive ketones (excluding diaryl/α,β-unsaturated/α-hetero) is 2. The van der Waals surface area contributed by atoms with Gasteiger partial charge in [0.05, 0.1) is 50.8 Å². The molecule has 6 fully saturated rings. The number of hydrogen-bond acceptors (Lipinski definition) is 11. The molecule has 11 nitrogen and oxygen atoms in total. The molecular weight excluding hydrogens is 957 g/mol. The molecule has 3 aromatic carbocycles. The number of hydrogen-bond donors (Lipinski definition) is 3. The van der Waals surface area contributed by atoms with Crippen molar-refractivity contribution in [3.05, 3.63) is 108 Å². The zero-order valence-electron chi connectivity index (χ0n) is 46.7. The molecule has 0 saturated heterocycles. The molecule has 0 heterocycles. The number of rotatable bonds is 19. The van der Waals surface area contributed by atoms with Crippen LogP contribution in [0.5, 0.6) is 0 Å². The molecule has 0 aliphatic heterocycles. The molecule has 2 unspecified atom stereocenters. The van der Waals surface area contributed by atoms with Crippen molar-refractivity contribution in [2.24, 2.45) is 68.0 Å². The third kappa shape index (κ3) is 11.5. The van der Waals surface area contributed by atoms with Crippen molar-refractivity contribution in [3.63, 3.8) is 0 Å². The summed E-state index contributed by atoms with van der Waals surface area (Å²) >= 11 is 0. The van der Waals surface area contributed by atoms with Gasteiger partial charge in [0, 0.05) is 42.1 Å². The molecule has 16 atom stereocenters. The van der Waals surface area contributed by atoms with Crippen LogP contribution in [0.3, 0.4) is 0 Å². The minimum Gasteiger partial charge on any atom is -0.396 e. The molecule has 0 radical (unpaired) electrons. The van der Waals surface area contributed by atoms with E-state index in [-0.39, 0.29) is 110 Å². The van der Waals surface area contributed by atoms with Crippen LogP contribution in [0.15, 0.2) is 91.0 Å². The number of carbonyl (C=O) groups is 2. The predicted octanol–water partition coefficient (Wildman–Crippen LogP) is 12.3. The van der Waals surface area contributed by atoms with E-state index >= 15 is 0 Å². The minimum absolute atomic E-state index is 0. The van der Waals surface area contributed by atoms with Gasteiger partial charge in [0.15, 0.2) is 0 Å². The topological polar surface area (TPSA) is 150 Å². The number of aliphatic hydroxyl groups excluding tert-OH is 3. The van der Waals surface area contributed by atoms with Crippen molar-refractivity contribution in [2.75, 3.05) is 33.6 Å². The Morgan fingerprint density at radius 1 is 0.526 bits per heavy atom. The molecule has 4 bridgehead atoms. The van der Waals surface area contributed by atoms with Crippen molar-refractivity contribution in [3.8, 4) is 0 Å². The summed E-state index contributed by atoms with van der Waals surface area (Å²) in [6, 6.07) is 30.3. The summed E-state index contributed by atoms with van der Waals surface area (Å²) in [7, 11) is 0. The van der Waals surface area contributed by atoms with Crippen molar-refractivity contribution in [2.45, 2.75) is 184 Å². The summed E-state index contributed by atoms with van der Waals surface area (Å²) in [5.41, 5.74) is 1.26. The van der Waals surface area contributed by atoms with Gasteiger partial charge in [-0.05, 0) is 126 Å². The van der Waals surface area contributed by atoms with Gasteiger partial charge in [-0.15, -0.1) is 0 Å². The Hall–Kier alpha value is -3.36. The molecule has 0 aromatic heterocycles.